The van der Waals surface area contributed by atoms with Crippen LogP contribution in [0.5, 0.6) is 0 Å². The van der Waals surface area contributed by atoms with E-state index in [0.717, 1.165) is 25.2 Å². The van der Waals surface area contributed by atoms with Crippen LogP contribution in [0.25, 0.3) is 0 Å². The third-order valence-corrected chi connectivity index (χ3v) is 5.13. The third kappa shape index (κ3) is 3.90. The van der Waals surface area contributed by atoms with Gasteiger partial charge in [-0.05, 0) is 45.0 Å². The fraction of sp³-hybridized carbons (Fsp3) is 0.556. The lowest BCUT2D eigenvalue weighted by Gasteiger charge is -2.37. The number of piperazine rings is 1. The molecule has 132 valence electrons. The van der Waals surface area contributed by atoms with Crippen molar-refractivity contribution in [2.75, 3.05) is 38.0 Å². The number of carbonyl (C=O) groups is 2. The molecule has 0 unspecified atom stereocenters. The van der Waals surface area contributed by atoms with Gasteiger partial charge in [-0.25, -0.2) is 0 Å². The Kier molecular flexibility index (Phi) is 5.88. The molecule has 0 aromatic heterocycles. The van der Waals surface area contributed by atoms with E-state index in [0.29, 0.717) is 23.8 Å². The summed E-state index contributed by atoms with van der Waals surface area (Å²) in [7, 11) is 0. The molecule has 1 N–H and O–H groups in total. The first-order valence-corrected chi connectivity index (χ1v) is 8.73. The zero-order chi connectivity index (χ0) is 17.9. The molecule has 1 fully saturated rings. The average Bonchev–Trinajstić information content (AvgIpc) is 2.58. The first-order chi connectivity index (χ1) is 11.3. The van der Waals surface area contributed by atoms with E-state index >= 15 is 0 Å². The van der Waals surface area contributed by atoms with Gasteiger partial charge in [0.15, 0.2) is 0 Å². The Hall–Kier alpha value is -1.59. The molecule has 1 aliphatic rings. The van der Waals surface area contributed by atoms with Crippen LogP contribution in [-0.4, -0.2) is 54.3 Å². The number of nitrogens with one attached hydrogen (secondary N) is 1. The van der Waals surface area contributed by atoms with Crippen molar-refractivity contribution in [3.63, 3.8) is 0 Å². The van der Waals surface area contributed by atoms with Gasteiger partial charge in [0, 0.05) is 36.9 Å². The van der Waals surface area contributed by atoms with Gasteiger partial charge in [-0.15, -0.1) is 0 Å². The number of likely N-dealkylation sites (N-methyl/N-ethyl adjacent to an activating group) is 1. The zero-order valence-electron chi connectivity index (χ0n) is 14.9. The van der Waals surface area contributed by atoms with Crippen molar-refractivity contribution in [2.45, 2.75) is 27.7 Å². The standard InChI is InChI=1S/C18H26ClN3O2/c1-5-21-9-11-22(12-10-21)17(24)18(3,4)16(23)20-15-8-6-7-14(19)13(15)2/h6-8H,5,9-12H2,1-4H3,(H,20,23). The maximum absolute atomic E-state index is 12.8. The highest BCUT2D eigenvalue weighted by molar-refractivity contribution is 6.31. The number of anilines is 1. The molecule has 0 atom stereocenters. The van der Waals surface area contributed by atoms with E-state index in [4.69, 9.17) is 11.6 Å². The predicted molar refractivity (Wildman–Crippen MR) is 97.3 cm³/mol. The first kappa shape index (κ1) is 18.7. The Labute approximate surface area is 149 Å². The lowest BCUT2D eigenvalue weighted by atomic mass is 9.89. The van der Waals surface area contributed by atoms with E-state index in [-0.39, 0.29) is 11.8 Å². The van der Waals surface area contributed by atoms with Gasteiger partial charge in [0.1, 0.15) is 5.41 Å². The molecule has 0 aliphatic carbocycles. The highest BCUT2D eigenvalue weighted by Gasteiger charge is 2.40. The molecular formula is C18H26ClN3O2. The van der Waals surface area contributed by atoms with E-state index in [2.05, 4.69) is 17.1 Å². The van der Waals surface area contributed by atoms with Crippen LogP contribution >= 0.6 is 11.6 Å². The van der Waals surface area contributed by atoms with E-state index < -0.39 is 5.41 Å². The van der Waals surface area contributed by atoms with Crippen molar-refractivity contribution in [1.29, 1.82) is 0 Å². The molecule has 5 nitrogen and oxygen atoms in total. The molecule has 0 spiro atoms. The van der Waals surface area contributed by atoms with Crippen molar-refractivity contribution in [3.8, 4) is 0 Å². The highest BCUT2D eigenvalue weighted by Crippen LogP contribution is 2.27. The van der Waals surface area contributed by atoms with Gasteiger partial charge < -0.3 is 15.1 Å². The molecule has 1 heterocycles. The predicted octanol–water partition coefficient (Wildman–Crippen LogP) is 2.78. The van der Waals surface area contributed by atoms with Gasteiger partial charge in [0.05, 0.1) is 0 Å². The van der Waals surface area contributed by atoms with E-state index in [1.165, 1.54) is 0 Å². The van der Waals surface area contributed by atoms with Crippen LogP contribution in [-0.2, 0) is 9.59 Å². The van der Waals surface area contributed by atoms with Crippen molar-refractivity contribution >= 4 is 29.1 Å². The van der Waals surface area contributed by atoms with E-state index in [9.17, 15) is 9.59 Å². The van der Waals surface area contributed by atoms with Crippen molar-refractivity contribution in [1.82, 2.24) is 9.80 Å². The van der Waals surface area contributed by atoms with Crippen LogP contribution in [0, 0.1) is 12.3 Å². The minimum Gasteiger partial charge on any atom is -0.339 e. The molecule has 1 aromatic carbocycles. The maximum atomic E-state index is 12.8. The Balaban J connectivity index is 2.07. The van der Waals surface area contributed by atoms with Crippen LogP contribution in [0.15, 0.2) is 18.2 Å². The molecule has 0 radical (unpaired) electrons. The second kappa shape index (κ2) is 7.53. The molecule has 1 aliphatic heterocycles. The van der Waals surface area contributed by atoms with Crippen LogP contribution < -0.4 is 5.32 Å². The highest BCUT2D eigenvalue weighted by atomic mass is 35.5. The Bertz CT molecular complexity index is 623. The summed E-state index contributed by atoms with van der Waals surface area (Å²) in [5.41, 5.74) is 0.319. The first-order valence-electron chi connectivity index (χ1n) is 8.35. The van der Waals surface area contributed by atoms with Crippen LogP contribution in [0.3, 0.4) is 0 Å². The second-order valence-electron chi connectivity index (χ2n) is 6.72. The fourth-order valence-electron chi connectivity index (χ4n) is 2.78. The minimum atomic E-state index is -1.12. The van der Waals surface area contributed by atoms with Crippen molar-refractivity contribution < 1.29 is 9.59 Å². The third-order valence-electron chi connectivity index (χ3n) is 4.72. The average molecular weight is 352 g/mol. The summed E-state index contributed by atoms with van der Waals surface area (Å²) in [4.78, 5) is 29.6. The molecule has 1 aromatic rings. The number of halogens is 1. The fourth-order valence-corrected chi connectivity index (χ4v) is 2.96. The number of hydrogen-bond acceptors (Lipinski definition) is 3. The lowest BCUT2D eigenvalue weighted by molar-refractivity contribution is -0.147. The van der Waals surface area contributed by atoms with Gasteiger partial charge >= 0.3 is 0 Å². The van der Waals surface area contributed by atoms with Crippen LogP contribution in [0.4, 0.5) is 5.69 Å². The number of hydrogen-bond donors (Lipinski definition) is 1. The Morgan fingerprint density at radius 2 is 1.83 bits per heavy atom. The minimum absolute atomic E-state index is 0.129. The van der Waals surface area contributed by atoms with E-state index in [1.807, 2.05) is 6.92 Å². The molecule has 0 bridgehead atoms. The van der Waals surface area contributed by atoms with Gasteiger partial charge in [0.2, 0.25) is 11.8 Å². The Morgan fingerprint density at radius 1 is 1.21 bits per heavy atom. The largest absolute Gasteiger partial charge is 0.339 e. The molecule has 0 saturated carbocycles. The summed E-state index contributed by atoms with van der Waals surface area (Å²) in [6, 6.07) is 5.35. The molecule has 6 heteroatoms. The molecule has 2 amide bonds. The van der Waals surface area contributed by atoms with Crippen LogP contribution in [0.2, 0.25) is 5.02 Å². The zero-order valence-corrected chi connectivity index (χ0v) is 15.6. The second-order valence-corrected chi connectivity index (χ2v) is 7.13. The molecule has 24 heavy (non-hydrogen) atoms. The normalized spacial score (nSPS) is 16.1. The number of amides is 2. The number of benzene rings is 1. The van der Waals surface area contributed by atoms with Gasteiger partial charge in [-0.1, -0.05) is 24.6 Å². The van der Waals surface area contributed by atoms with Gasteiger partial charge in [-0.3, -0.25) is 9.59 Å². The SMILES string of the molecule is CCN1CCN(C(=O)C(C)(C)C(=O)Nc2cccc(Cl)c2C)CC1. The summed E-state index contributed by atoms with van der Waals surface area (Å²) in [5.74, 6) is -0.439. The summed E-state index contributed by atoms with van der Waals surface area (Å²) < 4.78 is 0. The van der Waals surface area contributed by atoms with Gasteiger partial charge in [0.25, 0.3) is 0 Å². The summed E-state index contributed by atoms with van der Waals surface area (Å²) in [5, 5.41) is 3.44. The van der Waals surface area contributed by atoms with Crippen LogP contribution in [0.1, 0.15) is 26.3 Å². The molecule has 1 saturated heterocycles. The Morgan fingerprint density at radius 3 is 2.42 bits per heavy atom. The van der Waals surface area contributed by atoms with E-state index in [1.54, 1.807) is 36.9 Å². The monoisotopic (exact) mass is 351 g/mol. The summed E-state index contributed by atoms with van der Waals surface area (Å²) >= 11 is 6.09. The van der Waals surface area contributed by atoms with Gasteiger partial charge in [-0.2, -0.15) is 0 Å². The summed E-state index contributed by atoms with van der Waals surface area (Å²) in [6.45, 7) is 11.3. The number of nitrogens with zero attached hydrogens (tertiary/aromatic N) is 2. The maximum Gasteiger partial charge on any atom is 0.239 e. The molecule has 2 rings (SSSR count). The van der Waals surface area contributed by atoms with Crippen molar-refractivity contribution in [3.05, 3.63) is 28.8 Å². The number of rotatable bonds is 4. The molecular weight excluding hydrogens is 326 g/mol. The topological polar surface area (TPSA) is 52.7 Å². The summed E-state index contributed by atoms with van der Waals surface area (Å²) in [6.07, 6.45) is 0. The quantitative estimate of drug-likeness (QED) is 0.849. The van der Waals surface area contributed by atoms with Crippen molar-refractivity contribution in [2.24, 2.45) is 5.41 Å². The number of carbonyl (C=O) groups excluding carboxylic acids is 2. The lowest BCUT2D eigenvalue weighted by Crippen LogP contribution is -2.54. The smallest absolute Gasteiger partial charge is 0.239 e.